The predicted octanol–water partition coefficient (Wildman–Crippen LogP) is 2.25. The van der Waals surface area contributed by atoms with Gasteiger partial charge in [-0.05, 0) is 17.5 Å². The van der Waals surface area contributed by atoms with Gasteiger partial charge in [0.1, 0.15) is 17.6 Å². The maximum absolute atomic E-state index is 5.93. The molecule has 0 fully saturated rings. The Kier molecular flexibility index (Phi) is 3.04. The van der Waals surface area contributed by atoms with Crippen LogP contribution in [0.4, 0.5) is 0 Å². The van der Waals surface area contributed by atoms with Gasteiger partial charge in [-0.15, -0.1) is 0 Å². The summed E-state index contributed by atoms with van der Waals surface area (Å²) in [5, 5.41) is 0. The lowest BCUT2D eigenvalue weighted by atomic mass is 9.85. The van der Waals surface area contributed by atoms with Gasteiger partial charge < -0.3 is 15.2 Å². The Morgan fingerprint density at radius 3 is 2.65 bits per heavy atom. The van der Waals surface area contributed by atoms with Crippen LogP contribution in [0.5, 0.6) is 11.5 Å². The predicted molar refractivity (Wildman–Crippen MR) is 68.9 cm³/mol. The van der Waals surface area contributed by atoms with Crippen molar-refractivity contribution >= 4 is 0 Å². The molecule has 17 heavy (non-hydrogen) atoms. The molecule has 0 bridgehead atoms. The summed E-state index contributed by atoms with van der Waals surface area (Å²) in [6.45, 7) is 7.10. The van der Waals surface area contributed by atoms with Crippen LogP contribution in [-0.2, 0) is 11.8 Å². The third-order valence-electron chi connectivity index (χ3n) is 3.18. The summed E-state index contributed by atoms with van der Waals surface area (Å²) in [7, 11) is 1.70. The third kappa shape index (κ3) is 2.25. The highest BCUT2D eigenvalue weighted by Gasteiger charge is 2.29. The molecule has 2 N–H and O–H groups in total. The van der Waals surface area contributed by atoms with E-state index < -0.39 is 0 Å². The number of nitrogens with two attached hydrogens (primary N) is 1. The Labute approximate surface area is 103 Å². The lowest BCUT2D eigenvalue weighted by Gasteiger charge is -2.23. The zero-order chi connectivity index (χ0) is 12.6. The van der Waals surface area contributed by atoms with Gasteiger partial charge in [-0.1, -0.05) is 20.8 Å². The summed E-state index contributed by atoms with van der Waals surface area (Å²) in [5.41, 5.74) is 8.14. The van der Waals surface area contributed by atoms with Crippen LogP contribution in [0.25, 0.3) is 0 Å². The second kappa shape index (κ2) is 4.22. The fraction of sp³-hybridized carbons (Fsp3) is 0.571. The van der Waals surface area contributed by atoms with Gasteiger partial charge >= 0.3 is 0 Å². The first-order valence-electron chi connectivity index (χ1n) is 6.04. The van der Waals surface area contributed by atoms with Gasteiger partial charge in [0.25, 0.3) is 0 Å². The summed E-state index contributed by atoms with van der Waals surface area (Å²) < 4.78 is 11.3. The second-order valence-corrected chi connectivity index (χ2v) is 5.59. The van der Waals surface area contributed by atoms with Crippen LogP contribution in [0.1, 0.15) is 31.9 Å². The van der Waals surface area contributed by atoms with E-state index in [9.17, 15) is 0 Å². The van der Waals surface area contributed by atoms with E-state index in [4.69, 9.17) is 15.2 Å². The Morgan fingerprint density at radius 2 is 2.12 bits per heavy atom. The van der Waals surface area contributed by atoms with Crippen molar-refractivity contribution in [1.82, 2.24) is 0 Å². The Bertz CT molecular complexity index is 421. The minimum Gasteiger partial charge on any atom is -0.497 e. The molecule has 0 saturated carbocycles. The highest BCUT2D eigenvalue weighted by Crippen LogP contribution is 2.41. The van der Waals surface area contributed by atoms with E-state index in [0.717, 1.165) is 17.9 Å². The minimum atomic E-state index is 0.0438. The third-order valence-corrected chi connectivity index (χ3v) is 3.18. The summed E-state index contributed by atoms with van der Waals surface area (Å²) in [4.78, 5) is 0. The molecule has 1 aliphatic rings. The maximum Gasteiger partial charge on any atom is 0.127 e. The largest absolute Gasteiger partial charge is 0.497 e. The first kappa shape index (κ1) is 12.2. The van der Waals surface area contributed by atoms with Crippen LogP contribution in [0.3, 0.4) is 0 Å². The molecule has 0 spiro atoms. The molecule has 1 aromatic rings. The van der Waals surface area contributed by atoms with Crippen molar-refractivity contribution in [2.75, 3.05) is 13.7 Å². The SMILES string of the molecule is COc1cc2c(c(C(C)(C)C)c1)OC(CN)C2. The molecule has 1 atom stereocenters. The molecule has 0 saturated heterocycles. The zero-order valence-electron chi connectivity index (χ0n) is 11.0. The van der Waals surface area contributed by atoms with Gasteiger partial charge in [-0.25, -0.2) is 0 Å². The van der Waals surface area contributed by atoms with E-state index in [-0.39, 0.29) is 11.5 Å². The number of rotatable bonds is 2. The van der Waals surface area contributed by atoms with E-state index in [2.05, 4.69) is 32.9 Å². The van der Waals surface area contributed by atoms with E-state index >= 15 is 0 Å². The van der Waals surface area contributed by atoms with Gasteiger partial charge in [-0.2, -0.15) is 0 Å². The normalized spacial score (nSPS) is 18.8. The van der Waals surface area contributed by atoms with Crippen LogP contribution in [0.2, 0.25) is 0 Å². The molecule has 1 aromatic carbocycles. The van der Waals surface area contributed by atoms with Crippen LogP contribution in [0.15, 0.2) is 12.1 Å². The molecule has 2 rings (SSSR count). The van der Waals surface area contributed by atoms with E-state index in [0.29, 0.717) is 6.54 Å². The average molecular weight is 235 g/mol. The first-order chi connectivity index (χ1) is 7.95. The molecule has 1 aliphatic heterocycles. The van der Waals surface area contributed by atoms with Crippen LogP contribution in [-0.4, -0.2) is 19.8 Å². The molecule has 3 heteroatoms. The summed E-state index contributed by atoms with van der Waals surface area (Å²) in [5.74, 6) is 1.91. The highest BCUT2D eigenvalue weighted by atomic mass is 16.5. The zero-order valence-corrected chi connectivity index (χ0v) is 11.0. The van der Waals surface area contributed by atoms with Crippen molar-refractivity contribution in [3.63, 3.8) is 0 Å². The van der Waals surface area contributed by atoms with Crippen LogP contribution < -0.4 is 15.2 Å². The van der Waals surface area contributed by atoms with E-state index in [1.54, 1.807) is 7.11 Å². The highest BCUT2D eigenvalue weighted by molar-refractivity contribution is 5.52. The number of hydrogen-bond donors (Lipinski definition) is 1. The standard InChI is InChI=1S/C14H21NO2/c1-14(2,3)12-7-10(16-4)5-9-6-11(8-15)17-13(9)12/h5,7,11H,6,8,15H2,1-4H3. The van der Waals surface area contributed by atoms with Gasteiger partial charge in [-0.3, -0.25) is 0 Å². The average Bonchev–Trinajstić information content (AvgIpc) is 2.68. The Morgan fingerprint density at radius 1 is 1.41 bits per heavy atom. The van der Waals surface area contributed by atoms with Crippen LogP contribution >= 0.6 is 0 Å². The molecular weight excluding hydrogens is 214 g/mol. The molecular formula is C14H21NO2. The van der Waals surface area contributed by atoms with Crippen molar-refractivity contribution < 1.29 is 9.47 Å². The lowest BCUT2D eigenvalue weighted by Crippen LogP contribution is -2.24. The molecule has 1 heterocycles. The van der Waals surface area contributed by atoms with Gasteiger partial charge in [0.15, 0.2) is 0 Å². The van der Waals surface area contributed by atoms with Crippen molar-refractivity contribution in [3.05, 3.63) is 23.3 Å². The summed E-state index contributed by atoms with van der Waals surface area (Å²) in [6, 6.07) is 4.12. The fourth-order valence-electron chi connectivity index (χ4n) is 2.21. The van der Waals surface area contributed by atoms with E-state index in [1.165, 1.54) is 11.1 Å². The van der Waals surface area contributed by atoms with Crippen LogP contribution in [0, 0.1) is 0 Å². The quantitative estimate of drug-likeness (QED) is 0.855. The molecule has 0 aliphatic carbocycles. The molecule has 0 aromatic heterocycles. The number of benzene rings is 1. The molecule has 0 amide bonds. The molecule has 0 radical (unpaired) electrons. The van der Waals surface area contributed by atoms with E-state index in [1.807, 2.05) is 0 Å². The monoisotopic (exact) mass is 235 g/mol. The minimum absolute atomic E-state index is 0.0438. The summed E-state index contributed by atoms with van der Waals surface area (Å²) in [6.07, 6.45) is 0.991. The number of fused-ring (bicyclic) bond motifs is 1. The Balaban J connectivity index is 2.50. The van der Waals surface area contributed by atoms with Gasteiger partial charge in [0.05, 0.1) is 7.11 Å². The number of methoxy groups -OCH3 is 1. The van der Waals surface area contributed by atoms with Crippen molar-refractivity contribution in [2.24, 2.45) is 5.73 Å². The molecule has 1 unspecified atom stereocenters. The Hall–Kier alpha value is -1.22. The van der Waals surface area contributed by atoms with Crippen molar-refractivity contribution in [1.29, 1.82) is 0 Å². The number of ether oxygens (including phenoxy) is 2. The fourth-order valence-corrected chi connectivity index (χ4v) is 2.21. The number of hydrogen-bond acceptors (Lipinski definition) is 3. The lowest BCUT2D eigenvalue weighted by molar-refractivity contribution is 0.236. The van der Waals surface area contributed by atoms with Crippen molar-refractivity contribution in [2.45, 2.75) is 38.7 Å². The maximum atomic E-state index is 5.93. The smallest absolute Gasteiger partial charge is 0.127 e. The molecule has 94 valence electrons. The first-order valence-corrected chi connectivity index (χ1v) is 6.04. The molecule has 3 nitrogen and oxygen atoms in total. The van der Waals surface area contributed by atoms with Gasteiger partial charge in [0, 0.05) is 24.1 Å². The topological polar surface area (TPSA) is 44.5 Å². The van der Waals surface area contributed by atoms with Gasteiger partial charge in [0.2, 0.25) is 0 Å². The second-order valence-electron chi connectivity index (χ2n) is 5.59. The summed E-state index contributed by atoms with van der Waals surface area (Å²) >= 11 is 0. The van der Waals surface area contributed by atoms with Crippen molar-refractivity contribution in [3.8, 4) is 11.5 Å².